The Bertz CT molecular complexity index is 374. The Morgan fingerprint density at radius 1 is 1.00 bits per heavy atom. The van der Waals surface area contributed by atoms with Gasteiger partial charge in [-0.25, -0.2) is 0 Å². The minimum atomic E-state index is 0. The Hall–Kier alpha value is -0.780. The summed E-state index contributed by atoms with van der Waals surface area (Å²) < 4.78 is 0. The lowest BCUT2D eigenvalue weighted by molar-refractivity contribution is 0.793. The van der Waals surface area contributed by atoms with Crippen molar-refractivity contribution in [3.63, 3.8) is 0 Å². The van der Waals surface area contributed by atoms with Crippen LogP contribution in [-0.2, 0) is 12.8 Å². The Labute approximate surface area is 140 Å². The Balaban J connectivity index is 0.00000361. The van der Waals surface area contributed by atoms with E-state index in [2.05, 4.69) is 60.7 Å². The van der Waals surface area contributed by atoms with E-state index in [-0.39, 0.29) is 24.0 Å². The molecule has 0 aliphatic carbocycles. The number of aliphatic imine (C=N–C) groups is 1. The SMILES string of the molecule is CCCN=C(NCC)NCCc1ccc(CC)cc1.I. The van der Waals surface area contributed by atoms with Gasteiger partial charge in [-0.2, -0.15) is 0 Å². The maximum absolute atomic E-state index is 4.48. The predicted molar refractivity (Wildman–Crippen MR) is 99.2 cm³/mol. The van der Waals surface area contributed by atoms with Crippen LogP contribution in [0.2, 0.25) is 0 Å². The molecule has 1 aromatic carbocycles. The van der Waals surface area contributed by atoms with Crippen molar-refractivity contribution in [2.75, 3.05) is 19.6 Å². The molecule has 0 spiro atoms. The minimum Gasteiger partial charge on any atom is -0.357 e. The van der Waals surface area contributed by atoms with E-state index < -0.39 is 0 Å². The van der Waals surface area contributed by atoms with Gasteiger partial charge in [-0.15, -0.1) is 24.0 Å². The summed E-state index contributed by atoms with van der Waals surface area (Å²) in [4.78, 5) is 4.48. The van der Waals surface area contributed by atoms with Crippen LogP contribution in [0, 0.1) is 0 Å². The van der Waals surface area contributed by atoms with Crippen LogP contribution in [0.4, 0.5) is 0 Å². The van der Waals surface area contributed by atoms with Gasteiger partial charge in [0.25, 0.3) is 0 Å². The average molecular weight is 389 g/mol. The lowest BCUT2D eigenvalue weighted by Gasteiger charge is -2.11. The number of halogens is 1. The fraction of sp³-hybridized carbons (Fsp3) is 0.562. The molecular formula is C16H28IN3. The van der Waals surface area contributed by atoms with Crippen molar-refractivity contribution in [1.82, 2.24) is 10.6 Å². The van der Waals surface area contributed by atoms with Crippen LogP contribution in [0.5, 0.6) is 0 Å². The van der Waals surface area contributed by atoms with Crippen LogP contribution in [0.15, 0.2) is 29.3 Å². The second-order valence-corrected chi connectivity index (χ2v) is 4.61. The summed E-state index contributed by atoms with van der Waals surface area (Å²) in [7, 11) is 0. The maximum Gasteiger partial charge on any atom is 0.191 e. The Morgan fingerprint density at radius 2 is 1.65 bits per heavy atom. The van der Waals surface area contributed by atoms with E-state index in [1.54, 1.807) is 0 Å². The molecule has 0 fully saturated rings. The molecule has 0 saturated heterocycles. The van der Waals surface area contributed by atoms with Crippen LogP contribution in [0.1, 0.15) is 38.3 Å². The number of rotatable bonds is 7. The van der Waals surface area contributed by atoms with Crippen LogP contribution >= 0.6 is 24.0 Å². The minimum absolute atomic E-state index is 0. The van der Waals surface area contributed by atoms with Crippen molar-refractivity contribution in [3.05, 3.63) is 35.4 Å². The molecule has 4 heteroatoms. The third kappa shape index (κ3) is 7.72. The predicted octanol–water partition coefficient (Wildman–Crippen LogP) is 3.37. The van der Waals surface area contributed by atoms with Crippen molar-refractivity contribution in [2.45, 2.75) is 40.0 Å². The summed E-state index contributed by atoms with van der Waals surface area (Å²) in [6.45, 7) is 9.11. The number of nitrogens with zero attached hydrogens (tertiary/aromatic N) is 1. The van der Waals surface area contributed by atoms with Gasteiger partial charge < -0.3 is 10.6 Å². The number of hydrogen-bond acceptors (Lipinski definition) is 1. The third-order valence-corrected chi connectivity index (χ3v) is 2.98. The lowest BCUT2D eigenvalue weighted by atomic mass is 10.1. The molecule has 0 saturated carbocycles. The van der Waals surface area contributed by atoms with E-state index >= 15 is 0 Å². The summed E-state index contributed by atoms with van der Waals surface area (Å²) in [5, 5.41) is 6.63. The number of benzene rings is 1. The zero-order valence-corrected chi connectivity index (χ0v) is 15.2. The summed E-state index contributed by atoms with van der Waals surface area (Å²) in [6, 6.07) is 8.87. The molecule has 0 amide bonds. The number of hydrogen-bond donors (Lipinski definition) is 2. The quantitative estimate of drug-likeness (QED) is 0.426. The molecule has 0 unspecified atom stereocenters. The average Bonchev–Trinajstić information content (AvgIpc) is 2.45. The summed E-state index contributed by atoms with van der Waals surface area (Å²) in [6.07, 6.45) is 3.21. The van der Waals surface area contributed by atoms with Gasteiger partial charge in [-0.05, 0) is 37.3 Å². The van der Waals surface area contributed by atoms with Crippen molar-refractivity contribution in [2.24, 2.45) is 4.99 Å². The Kier molecular flexibility index (Phi) is 11.5. The van der Waals surface area contributed by atoms with Gasteiger partial charge in [-0.3, -0.25) is 4.99 Å². The third-order valence-electron chi connectivity index (χ3n) is 2.98. The normalized spacial score (nSPS) is 10.8. The van der Waals surface area contributed by atoms with Crippen LogP contribution in [0.25, 0.3) is 0 Å². The van der Waals surface area contributed by atoms with Gasteiger partial charge in [0, 0.05) is 19.6 Å². The first-order valence-electron chi connectivity index (χ1n) is 7.40. The zero-order chi connectivity index (χ0) is 13.9. The molecule has 1 rings (SSSR count). The van der Waals surface area contributed by atoms with Gasteiger partial charge in [0.05, 0.1) is 0 Å². The Morgan fingerprint density at radius 3 is 2.20 bits per heavy atom. The van der Waals surface area contributed by atoms with Gasteiger partial charge in [0.2, 0.25) is 0 Å². The van der Waals surface area contributed by atoms with E-state index in [0.29, 0.717) is 0 Å². The molecule has 0 radical (unpaired) electrons. The smallest absolute Gasteiger partial charge is 0.191 e. The molecule has 1 aromatic rings. The molecule has 2 N–H and O–H groups in total. The second kappa shape index (κ2) is 12.0. The highest BCUT2D eigenvalue weighted by molar-refractivity contribution is 14.0. The van der Waals surface area contributed by atoms with Gasteiger partial charge >= 0.3 is 0 Å². The van der Waals surface area contributed by atoms with Crippen molar-refractivity contribution in [3.8, 4) is 0 Å². The van der Waals surface area contributed by atoms with Gasteiger partial charge in [0.1, 0.15) is 0 Å². The first-order valence-corrected chi connectivity index (χ1v) is 7.40. The van der Waals surface area contributed by atoms with E-state index in [1.807, 2.05) is 0 Å². The molecule has 3 nitrogen and oxygen atoms in total. The van der Waals surface area contributed by atoms with Crippen molar-refractivity contribution >= 4 is 29.9 Å². The molecule has 0 heterocycles. The monoisotopic (exact) mass is 389 g/mol. The highest BCUT2D eigenvalue weighted by Gasteiger charge is 1.97. The van der Waals surface area contributed by atoms with Gasteiger partial charge in [-0.1, -0.05) is 38.1 Å². The summed E-state index contributed by atoms with van der Waals surface area (Å²) >= 11 is 0. The van der Waals surface area contributed by atoms with E-state index in [1.165, 1.54) is 11.1 Å². The number of nitrogens with one attached hydrogen (secondary N) is 2. The summed E-state index contributed by atoms with van der Waals surface area (Å²) in [5.41, 5.74) is 2.77. The topological polar surface area (TPSA) is 36.4 Å². The molecule has 20 heavy (non-hydrogen) atoms. The zero-order valence-electron chi connectivity index (χ0n) is 12.9. The molecule has 0 aromatic heterocycles. The highest BCUT2D eigenvalue weighted by Crippen LogP contribution is 2.05. The standard InChI is InChI=1S/C16H27N3.HI/c1-4-12-18-16(17-6-3)19-13-11-15-9-7-14(5-2)8-10-15;/h7-10H,4-6,11-13H2,1-3H3,(H2,17,18,19);1H. The van der Waals surface area contributed by atoms with E-state index in [0.717, 1.165) is 44.9 Å². The number of guanidine groups is 1. The number of aryl methyl sites for hydroxylation is 1. The van der Waals surface area contributed by atoms with Crippen LogP contribution in [0.3, 0.4) is 0 Å². The molecule has 0 aliphatic heterocycles. The lowest BCUT2D eigenvalue weighted by Crippen LogP contribution is -2.38. The summed E-state index contributed by atoms with van der Waals surface area (Å²) in [5.74, 6) is 0.925. The fourth-order valence-corrected chi connectivity index (χ4v) is 1.83. The van der Waals surface area contributed by atoms with Crippen molar-refractivity contribution in [1.29, 1.82) is 0 Å². The molecule has 0 bridgehead atoms. The van der Waals surface area contributed by atoms with Crippen LogP contribution in [-0.4, -0.2) is 25.6 Å². The molecular weight excluding hydrogens is 361 g/mol. The maximum atomic E-state index is 4.48. The fourth-order valence-electron chi connectivity index (χ4n) is 1.83. The first-order chi connectivity index (χ1) is 9.30. The van der Waals surface area contributed by atoms with E-state index in [4.69, 9.17) is 0 Å². The first kappa shape index (κ1) is 19.2. The second-order valence-electron chi connectivity index (χ2n) is 4.61. The molecule has 0 aliphatic rings. The van der Waals surface area contributed by atoms with Crippen molar-refractivity contribution < 1.29 is 0 Å². The van der Waals surface area contributed by atoms with E-state index in [9.17, 15) is 0 Å². The van der Waals surface area contributed by atoms with Crippen LogP contribution < -0.4 is 10.6 Å². The largest absolute Gasteiger partial charge is 0.357 e. The highest BCUT2D eigenvalue weighted by atomic mass is 127. The molecule has 0 atom stereocenters. The van der Waals surface area contributed by atoms with Gasteiger partial charge in [0.15, 0.2) is 5.96 Å². The molecule has 114 valence electrons.